The molecule has 124 valence electrons. The van der Waals surface area contributed by atoms with E-state index in [2.05, 4.69) is 15.5 Å². The van der Waals surface area contributed by atoms with Crippen LogP contribution in [0.2, 0.25) is 5.02 Å². The molecule has 2 aromatic heterocycles. The zero-order valence-electron chi connectivity index (χ0n) is 13.7. The molecule has 1 amide bonds. The molecule has 0 saturated carbocycles. The van der Waals surface area contributed by atoms with Gasteiger partial charge in [-0.2, -0.15) is 10.2 Å². The predicted octanol–water partition coefficient (Wildman–Crippen LogP) is 3.06. The fourth-order valence-electron chi connectivity index (χ4n) is 2.51. The summed E-state index contributed by atoms with van der Waals surface area (Å²) in [6.45, 7) is 3.90. The molecule has 0 aliphatic heterocycles. The van der Waals surface area contributed by atoms with Gasteiger partial charge in [0, 0.05) is 24.5 Å². The quantitative estimate of drug-likeness (QED) is 0.791. The van der Waals surface area contributed by atoms with Crippen molar-refractivity contribution in [1.29, 1.82) is 0 Å². The molecule has 7 heteroatoms. The summed E-state index contributed by atoms with van der Waals surface area (Å²) in [7, 11) is 1.88. The van der Waals surface area contributed by atoms with E-state index in [0.717, 1.165) is 16.9 Å². The summed E-state index contributed by atoms with van der Waals surface area (Å²) in [4.78, 5) is 12.5. The van der Waals surface area contributed by atoms with Crippen molar-refractivity contribution in [1.82, 2.24) is 24.9 Å². The Balaban J connectivity index is 1.77. The first-order chi connectivity index (χ1) is 11.5. The predicted molar refractivity (Wildman–Crippen MR) is 92.4 cm³/mol. The van der Waals surface area contributed by atoms with Crippen molar-refractivity contribution >= 4 is 17.5 Å². The first-order valence-corrected chi connectivity index (χ1v) is 7.94. The van der Waals surface area contributed by atoms with E-state index >= 15 is 0 Å². The first kappa shape index (κ1) is 16.3. The van der Waals surface area contributed by atoms with E-state index in [4.69, 9.17) is 11.6 Å². The third-order valence-corrected chi connectivity index (χ3v) is 4.35. The van der Waals surface area contributed by atoms with Crippen LogP contribution in [0.5, 0.6) is 0 Å². The first-order valence-electron chi connectivity index (χ1n) is 7.56. The fourth-order valence-corrected chi connectivity index (χ4v) is 2.73. The van der Waals surface area contributed by atoms with Gasteiger partial charge in [0.25, 0.3) is 5.91 Å². The Hall–Kier alpha value is -2.60. The molecular weight excluding hydrogens is 326 g/mol. The molecule has 2 heterocycles. The number of hydrogen-bond donors (Lipinski definition) is 1. The molecule has 0 radical (unpaired) electrons. The minimum Gasteiger partial charge on any atom is -0.345 e. The number of carbonyl (C=O) groups is 1. The minimum absolute atomic E-state index is 0.144. The SMILES string of the molecule is Cc1c([C@@H](C)NC(=O)c2cnn(-c3ccccc3Cl)c2)cnn1C. The number of benzene rings is 1. The Morgan fingerprint density at radius 2 is 2.00 bits per heavy atom. The highest BCUT2D eigenvalue weighted by atomic mass is 35.5. The lowest BCUT2D eigenvalue weighted by Gasteiger charge is -2.13. The average Bonchev–Trinajstić information content (AvgIpc) is 3.16. The maximum absolute atomic E-state index is 12.5. The molecule has 0 saturated heterocycles. The molecular formula is C17H18ClN5O. The van der Waals surface area contributed by atoms with Gasteiger partial charge in [0.2, 0.25) is 0 Å². The third-order valence-electron chi connectivity index (χ3n) is 4.03. The number of carbonyl (C=O) groups excluding carboxylic acids is 1. The lowest BCUT2D eigenvalue weighted by Crippen LogP contribution is -2.26. The largest absolute Gasteiger partial charge is 0.345 e. The maximum atomic E-state index is 12.5. The monoisotopic (exact) mass is 343 g/mol. The molecule has 0 aliphatic carbocycles. The Bertz CT molecular complexity index is 883. The third kappa shape index (κ3) is 3.05. The molecule has 0 fully saturated rings. The normalized spacial score (nSPS) is 12.2. The van der Waals surface area contributed by atoms with Crippen LogP contribution >= 0.6 is 11.6 Å². The van der Waals surface area contributed by atoms with Crippen LogP contribution in [-0.2, 0) is 7.05 Å². The molecule has 1 atom stereocenters. The number of rotatable bonds is 4. The molecule has 0 spiro atoms. The van der Waals surface area contributed by atoms with Gasteiger partial charge >= 0.3 is 0 Å². The average molecular weight is 344 g/mol. The molecule has 24 heavy (non-hydrogen) atoms. The van der Waals surface area contributed by atoms with Gasteiger partial charge in [0.15, 0.2) is 0 Å². The molecule has 0 unspecified atom stereocenters. The number of aromatic nitrogens is 4. The summed E-state index contributed by atoms with van der Waals surface area (Å²) in [6, 6.07) is 7.20. The van der Waals surface area contributed by atoms with E-state index in [9.17, 15) is 4.79 Å². The highest BCUT2D eigenvalue weighted by molar-refractivity contribution is 6.32. The molecule has 6 nitrogen and oxygen atoms in total. The summed E-state index contributed by atoms with van der Waals surface area (Å²) in [5.41, 5.74) is 3.22. The van der Waals surface area contributed by atoms with Crippen LogP contribution in [0.15, 0.2) is 42.9 Å². The van der Waals surface area contributed by atoms with Crippen molar-refractivity contribution in [2.24, 2.45) is 7.05 Å². The van der Waals surface area contributed by atoms with Gasteiger partial charge in [0.05, 0.1) is 34.7 Å². The maximum Gasteiger partial charge on any atom is 0.254 e. The summed E-state index contributed by atoms with van der Waals surface area (Å²) < 4.78 is 3.38. The van der Waals surface area contributed by atoms with Crippen LogP contribution in [0.25, 0.3) is 5.69 Å². The lowest BCUT2D eigenvalue weighted by molar-refractivity contribution is 0.0940. The number of nitrogens with zero attached hydrogens (tertiary/aromatic N) is 4. The van der Waals surface area contributed by atoms with Gasteiger partial charge in [-0.1, -0.05) is 23.7 Å². The van der Waals surface area contributed by atoms with Crippen LogP contribution in [-0.4, -0.2) is 25.5 Å². The lowest BCUT2D eigenvalue weighted by atomic mass is 10.1. The summed E-state index contributed by atoms with van der Waals surface area (Å²) >= 11 is 6.16. The van der Waals surface area contributed by atoms with Crippen LogP contribution < -0.4 is 5.32 Å². The Morgan fingerprint density at radius 1 is 1.25 bits per heavy atom. The second kappa shape index (κ2) is 6.49. The standard InChI is InChI=1S/C17H18ClN5O/c1-11(14-9-19-22(3)12(14)2)21-17(24)13-8-20-23(10-13)16-7-5-4-6-15(16)18/h4-11H,1-3H3,(H,21,24)/t11-/m1/s1. The van der Waals surface area contributed by atoms with Crippen molar-refractivity contribution in [3.63, 3.8) is 0 Å². The number of hydrogen-bond acceptors (Lipinski definition) is 3. The molecule has 1 N–H and O–H groups in total. The number of nitrogens with one attached hydrogen (secondary N) is 1. The highest BCUT2D eigenvalue weighted by Crippen LogP contribution is 2.20. The van der Waals surface area contributed by atoms with E-state index in [0.29, 0.717) is 10.6 Å². The van der Waals surface area contributed by atoms with Crippen LogP contribution in [0.3, 0.4) is 0 Å². The molecule has 0 aliphatic rings. The smallest absolute Gasteiger partial charge is 0.254 e. The van der Waals surface area contributed by atoms with Gasteiger partial charge < -0.3 is 5.32 Å². The molecule has 3 rings (SSSR count). The van der Waals surface area contributed by atoms with Crippen molar-refractivity contribution in [2.75, 3.05) is 0 Å². The minimum atomic E-state index is -0.191. The Labute approximate surface area is 145 Å². The second-order valence-corrected chi connectivity index (χ2v) is 6.04. The van der Waals surface area contributed by atoms with E-state index in [1.165, 1.54) is 6.20 Å². The van der Waals surface area contributed by atoms with Gasteiger partial charge in [-0.25, -0.2) is 4.68 Å². The van der Waals surface area contributed by atoms with Gasteiger partial charge in [-0.05, 0) is 26.0 Å². The second-order valence-electron chi connectivity index (χ2n) is 5.63. The van der Waals surface area contributed by atoms with Crippen LogP contribution in [0.1, 0.15) is 34.6 Å². The van der Waals surface area contributed by atoms with Crippen LogP contribution in [0.4, 0.5) is 0 Å². The van der Waals surface area contributed by atoms with E-state index in [1.54, 1.807) is 27.8 Å². The van der Waals surface area contributed by atoms with E-state index in [1.807, 2.05) is 39.1 Å². The van der Waals surface area contributed by atoms with Crippen molar-refractivity contribution < 1.29 is 4.79 Å². The summed E-state index contributed by atoms with van der Waals surface area (Å²) in [5.74, 6) is -0.191. The highest BCUT2D eigenvalue weighted by Gasteiger charge is 2.17. The van der Waals surface area contributed by atoms with E-state index < -0.39 is 0 Å². The topological polar surface area (TPSA) is 64.7 Å². The fraction of sp³-hybridized carbons (Fsp3) is 0.235. The Morgan fingerprint density at radius 3 is 2.67 bits per heavy atom. The van der Waals surface area contributed by atoms with E-state index in [-0.39, 0.29) is 11.9 Å². The van der Waals surface area contributed by atoms with Gasteiger partial charge in [-0.3, -0.25) is 9.48 Å². The molecule has 1 aromatic carbocycles. The zero-order chi connectivity index (χ0) is 17.3. The molecule has 0 bridgehead atoms. The van der Waals surface area contributed by atoms with Crippen molar-refractivity contribution in [3.05, 3.63) is 64.7 Å². The molecule has 3 aromatic rings. The summed E-state index contributed by atoms with van der Waals surface area (Å²) in [6.07, 6.45) is 4.97. The van der Waals surface area contributed by atoms with Gasteiger partial charge in [0.1, 0.15) is 0 Å². The zero-order valence-corrected chi connectivity index (χ0v) is 14.4. The van der Waals surface area contributed by atoms with Gasteiger partial charge in [-0.15, -0.1) is 0 Å². The van der Waals surface area contributed by atoms with Crippen LogP contribution in [0, 0.1) is 6.92 Å². The van der Waals surface area contributed by atoms with Crippen molar-refractivity contribution in [3.8, 4) is 5.69 Å². The number of aryl methyl sites for hydroxylation is 1. The number of amides is 1. The van der Waals surface area contributed by atoms with Crippen molar-refractivity contribution in [2.45, 2.75) is 19.9 Å². The Kier molecular flexibility index (Phi) is 4.40. The number of para-hydroxylation sites is 1. The summed E-state index contributed by atoms with van der Waals surface area (Å²) in [5, 5.41) is 12.0. The number of halogens is 1.